The number of carbonyl (C=O) groups is 1. The van der Waals surface area contributed by atoms with Gasteiger partial charge in [0.1, 0.15) is 11.3 Å². The van der Waals surface area contributed by atoms with E-state index in [-0.39, 0.29) is 18.3 Å². The summed E-state index contributed by atoms with van der Waals surface area (Å²) < 4.78 is 19.4. The number of amides is 1. The third-order valence-electron chi connectivity index (χ3n) is 6.93. The van der Waals surface area contributed by atoms with Crippen molar-refractivity contribution in [3.8, 4) is 17.2 Å². The maximum Gasteiger partial charge on any atom is 0.279 e. The highest BCUT2D eigenvalue weighted by molar-refractivity contribution is 6.08. The van der Waals surface area contributed by atoms with Gasteiger partial charge in [0.15, 0.2) is 17.1 Å². The first-order valence-corrected chi connectivity index (χ1v) is 12.2. The minimum atomic E-state index is -0.340. The molecular weight excluding hydrogens is 474 g/mol. The number of carbonyl (C=O) groups excluding carboxylic acids is 1. The van der Waals surface area contributed by atoms with Gasteiger partial charge in [0.25, 0.3) is 11.5 Å². The van der Waals surface area contributed by atoms with Crippen molar-refractivity contribution in [2.45, 2.75) is 33.0 Å². The molecule has 1 amide bonds. The summed E-state index contributed by atoms with van der Waals surface area (Å²) in [7, 11) is 1.65. The molecule has 6 rings (SSSR count). The first-order chi connectivity index (χ1) is 18.1. The van der Waals surface area contributed by atoms with Gasteiger partial charge < -0.3 is 24.1 Å². The summed E-state index contributed by atoms with van der Waals surface area (Å²) in [6, 6.07) is 13.2. The molecule has 1 N–H and O–H groups in total. The number of methoxy groups -OCH3 is 1. The lowest BCUT2D eigenvalue weighted by Crippen LogP contribution is -2.38. The SMILES string of the molecule is CCn1c2c(c(=O)n3ncc(C(=O)Nc4ccc5c(c4)OCO5)c13)CN(Cc1ccc(OC)cc1)CC2. The topological polar surface area (TPSA) is 99.3 Å². The van der Waals surface area contributed by atoms with Crippen molar-refractivity contribution < 1.29 is 19.0 Å². The van der Waals surface area contributed by atoms with E-state index in [2.05, 4.69) is 15.3 Å². The Bertz CT molecular complexity index is 1560. The molecule has 0 fully saturated rings. The number of aromatic nitrogens is 3. The van der Waals surface area contributed by atoms with Gasteiger partial charge in [0, 0.05) is 50.0 Å². The molecular formula is C27H27N5O5. The molecule has 4 heterocycles. The Balaban J connectivity index is 1.30. The van der Waals surface area contributed by atoms with Crippen molar-refractivity contribution in [1.29, 1.82) is 0 Å². The summed E-state index contributed by atoms with van der Waals surface area (Å²) in [5.74, 6) is 1.70. The number of fused-ring (bicyclic) bond motifs is 3. The van der Waals surface area contributed by atoms with Crippen LogP contribution >= 0.6 is 0 Å². The molecule has 0 aliphatic carbocycles. The van der Waals surface area contributed by atoms with E-state index in [4.69, 9.17) is 14.2 Å². The smallest absolute Gasteiger partial charge is 0.279 e. The lowest BCUT2D eigenvalue weighted by atomic mass is 10.0. The van der Waals surface area contributed by atoms with Crippen molar-refractivity contribution in [2.24, 2.45) is 0 Å². The van der Waals surface area contributed by atoms with Gasteiger partial charge in [0.05, 0.1) is 18.9 Å². The van der Waals surface area contributed by atoms with E-state index in [0.717, 1.165) is 35.7 Å². The van der Waals surface area contributed by atoms with Crippen LogP contribution in [0.25, 0.3) is 5.65 Å². The van der Waals surface area contributed by atoms with Crippen LogP contribution in [0.5, 0.6) is 17.2 Å². The largest absolute Gasteiger partial charge is 0.497 e. The average Bonchev–Trinajstić information content (AvgIpc) is 3.57. The van der Waals surface area contributed by atoms with Crippen LogP contribution in [0.4, 0.5) is 5.69 Å². The predicted molar refractivity (Wildman–Crippen MR) is 136 cm³/mol. The number of ether oxygens (including phenoxy) is 3. The van der Waals surface area contributed by atoms with Crippen molar-refractivity contribution in [1.82, 2.24) is 19.1 Å². The third-order valence-corrected chi connectivity index (χ3v) is 6.93. The van der Waals surface area contributed by atoms with Gasteiger partial charge in [-0.3, -0.25) is 14.5 Å². The normalized spacial score (nSPS) is 14.5. The molecule has 4 aromatic rings. The highest BCUT2D eigenvalue weighted by atomic mass is 16.7. The lowest BCUT2D eigenvalue weighted by molar-refractivity contribution is 0.102. The minimum absolute atomic E-state index is 0.159. The Morgan fingerprint density at radius 3 is 2.73 bits per heavy atom. The highest BCUT2D eigenvalue weighted by Crippen LogP contribution is 2.34. The highest BCUT2D eigenvalue weighted by Gasteiger charge is 2.27. The van der Waals surface area contributed by atoms with Crippen molar-refractivity contribution in [2.75, 3.05) is 25.8 Å². The molecule has 2 aromatic heterocycles. The zero-order valence-corrected chi connectivity index (χ0v) is 20.7. The Morgan fingerprint density at radius 1 is 1.14 bits per heavy atom. The van der Waals surface area contributed by atoms with Crippen molar-refractivity contribution in [3.05, 3.63) is 81.4 Å². The number of hydrogen-bond acceptors (Lipinski definition) is 7. The fraction of sp³-hybridized carbons (Fsp3) is 0.296. The van der Waals surface area contributed by atoms with Crippen molar-refractivity contribution in [3.63, 3.8) is 0 Å². The number of aryl methyl sites for hydroxylation is 1. The fourth-order valence-corrected chi connectivity index (χ4v) is 5.10. The summed E-state index contributed by atoms with van der Waals surface area (Å²) in [4.78, 5) is 29.1. The molecule has 0 radical (unpaired) electrons. The second-order valence-electron chi connectivity index (χ2n) is 9.10. The molecule has 190 valence electrons. The molecule has 0 atom stereocenters. The predicted octanol–water partition coefficient (Wildman–Crippen LogP) is 3.06. The van der Waals surface area contributed by atoms with E-state index in [1.165, 1.54) is 10.7 Å². The van der Waals surface area contributed by atoms with E-state index < -0.39 is 0 Å². The number of benzene rings is 2. The van der Waals surface area contributed by atoms with Gasteiger partial charge in [-0.25, -0.2) is 0 Å². The summed E-state index contributed by atoms with van der Waals surface area (Å²) in [5.41, 5.74) is 4.09. The van der Waals surface area contributed by atoms with Crippen LogP contribution in [0.1, 0.15) is 34.1 Å². The maximum absolute atomic E-state index is 13.5. The van der Waals surface area contributed by atoms with E-state index in [0.29, 0.717) is 47.9 Å². The first-order valence-electron chi connectivity index (χ1n) is 12.2. The summed E-state index contributed by atoms with van der Waals surface area (Å²) in [6.45, 7) is 4.85. The van der Waals surface area contributed by atoms with Gasteiger partial charge in [-0.1, -0.05) is 12.1 Å². The van der Waals surface area contributed by atoms with Gasteiger partial charge in [-0.2, -0.15) is 9.61 Å². The van der Waals surface area contributed by atoms with Gasteiger partial charge in [-0.05, 0) is 36.8 Å². The Kier molecular flexibility index (Phi) is 5.80. The number of nitrogens with one attached hydrogen (secondary N) is 1. The van der Waals surface area contributed by atoms with Gasteiger partial charge >= 0.3 is 0 Å². The molecule has 0 spiro atoms. The fourth-order valence-electron chi connectivity index (χ4n) is 5.10. The summed E-state index contributed by atoms with van der Waals surface area (Å²) >= 11 is 0. The minimum Gasteiger partial charge on any atom is -0.497 e. The number of rotatable bonds is 6. The Labute approximate surface area is 213 Å². The second kappa shape index (κ2) is 9.29. The third kappa shape index (κ3) is 4.09. The molecule has 10 nitrogen and oxygen atoms in total. The Morgan fingerprint density at radius 2 is 1.95 bits per heavy atom. The summed E-state index contributed by atoms with van der Waals surface area (Å²) in [6.07, 6.45) is 2.17. The molecule has 10 heteroatoms. The first kappa shape index (κ1) is 23.1. The van der Waals surface area contributed by atoms with Gasteiger partial charge in [-0.15, -0.1) is 0 Å². The standard InChI is InChI=1S/C27H27N5O5/c1-3-31-22-10-11-30(14-17-4-7-19(35-2)8-5-17)15-21(22)27(34)32-26(31)20(13-28-32)25(33)29-18-6-9-23-24(12-18)37-16-36-23/h4-9,12-13H,3,10-11,14-16H2,1-2H3,(H,29,33). The van der Waals surface area contributed by atoms with Crippen LogP contribution in [0, 0.1) is 0 Å². The number of hydrogen-bond donors (Lipinski definition) is 1. The Hall–Kier alpha value is -4.31. The van der Waals surface area contributed by atoms with Crippen LogP contribution in [0.2, 0.25) is 0 Å². The summed E-state index contributed by atoms with van der Waals surface area (Å²) in [5, 5.41) is 7.23. The molecule has 37 heavy (non-hydrogen) atoms. The van der Waals surface area contributed by atoms with Crippen LogP contribution < -0.4 is 25.1 Å². The van der Waals surface area contributed by atoms with E-state index in [9.17, 15) is 9.59 Å². The molecule has 0 saturated carbocycles. The number of anilines is 1. The monoisotopic (exact) mass is 501 g/mol. The van der Waals surface area contributed by atoms with Crippen LogP contribution in [-0.4, -0.2) is 45.4 Å². The van der Waals surface area contributed by atoms with E-state index in [1.54, 1.807) is 25.3 Å². The zero-order valence-electron chi connectivity index (χ0n) is 20.7. The van der Waals surface area contributed by atoms with Crippen LogP contribution in [0.3, 0.4) is 0 Å². The number of nitrogens with zero attached hydrogens (tertiary/aromatic N) is 4. The van der Waals surface area contributed by atoms with Crippen LogP contribution in [-0.2, 0) is 26.1 Å². The van der Waals surface area contributed by atoms with E-state index >= 15 is 0 Å². The lowest BCUT2D eigenvalue weighted by Gasteiger charge is -2.30. The molecule has 2 aliphatic rings. The van der Waals surface area contributed by atoms with Crippen molar-refractivity contribution >= 4 is 17.2 Å². The average molecular weight is 502 g/mol. The molecule has 0 unspecified atom stereocenters. The molecule has 2 aliphatic heterocycles. The quantitative estimate of drug-likeness (QED) is 0.434. The molecule has 0 saturated heterocycles. The van der Waals surface area contributed by atoms with Crippen LogP contribution in [0.15, 0.2) is 53.5 Å². The van der Waals surface area contributed by atoms with E-state index in [1.807, 2.05) is 35.8 Å². The molecule has 0 bridgehead atoms. The second-order valence-corrected chi connectivity index (χ2v) is 9.10. The van der Waals surface area contributed by atoms with Gasteiger partial charge in [0.2, 0.25) is 6.79 Å². The maximum atomic E-state index is 13.5. The zero-order chi connectivity index (χ0) is 25.5. The molecule has 2 aromatic carbocycles.